The van der Waals surface area contributed by atoms with Gasteiger partial charge in [-0.3, -0.25) is 4.99 Å². The van der Waals surface area contributed by atoms with Gasteiger partial charge in [-0.2, -0.15) is 0 Å². The Morgan fingerprint density at radius 1 is 1.58 bits per heavy atom. The summed E-state index contributed by atoms with van der Waals surface area (Å²) < 4.78 is 0. The van der Waals surface area contributed by atoms with Crippen molar-refractivity contribution in [2.24, 2.45) is 16.3 Å². The molecule has 1 aliphatic heterocycles. The lowest BCUT2D eigenvalue weighted by Crippen LogP contribution is -2.13. The highest BCUT2D eigenvalue weighted by atomic mass is 14.8. The van der Waals surface area contributed by atoms with Crippen LogP contribution in [0.4, 0.5) is 0 Å². The first-order valence-corrected chi connectivity index (χ1v) is 4.44. The predicted octanol–water partition coefficient (Wildman–Crippen LogP) is 2.48. The lowest BCUT2D eigenvalue weighted by Gasteiger charge is -2.19. The van der Waals surface area contributed by atoms with Crippen LogP contribution < -0.4 is 0 Å². The Hall–Kier alpha value is -1.11. The summed E-state index contributed by atoms with van der Waals surface area (Å²) in [5.41, 5.74) is 2.92. The second-order valence-corrected chi connectivity index (χ2v) is 3.90. The Balaban J connectivity index is 2.15. The fourth-order valence-corrected chi connectivity index (χ4v) is 2.21. The molecule has 12 heavy (non-hydrogen) atoms. The topological polar surface area (TPSA) is 12.4 Å². The van der Waals surface area contributed by atoms with Gasteiger partial charge in [-0.05, 0) is 30.9 Å². The average Bonchev–Trinajstić information content (AvgIpc) is 2.77. The maximum absolute atomic E-state index is 4.39. The van der Waals surface area contributed by atoms with Crippen LogP contribution in [0.25, 0.3) is 0 Å². The van der Waals surface area contributed by atoms with Gasteiger partial charge in [0.1, 0.15) is 0 Å². The van der Waals surface area contributed by atoms with Gasteiger partial charge in [0, 0.05) is 17.3 Å². The first kappa shape index (κ1) is 6.41. The summed E-state index contributed by atoms with van der Waals surface area (Å²) in [4.78, 5) is 4.39. The van der Waals surface area contributed by atoms with E-state index < -0.39 is 0 Å². The molecule has 2 atom stereocenters. The van der Waals surface area contributed by atoms with Gasteiger partial charge in [-0.1, -0.05) is 18.2 Å². The molecule has 1 saturated carbocycles. The number of rotatable bonds is 0. The summed E-state index contributed by atoms with van der Waals surface area (Å²) in [5, 5.41) is 0. The first-order valence-electron chi connectivity index (χ1n) is 4.44. The summed E-state index contributed by atoms with van der Waals surface area (Å²) in [7, 11) is 0. The Bertz CT molecular complexity index is 357. The highest BCUT2D eigenvalue weighted by molar-refractivity contribution is 5.81. The molecular weight excluding hydrogens is 146 g/mol. The molecule has 2 aliphatic carbocycles. The molecule has 1 fully saturated rings. The highest BCUT2D eigenvalue weighted by Gasteiger charge is 2.55. The van der Waals surface area contributed by atoms with E-state index in [0.29, 0.717) is 5.41 Å². The van der Waals surface area contributed by atoms with Crippen LogP contribution in [-0.4, -0.2) is 6.21 Å². The molecule has 3 rings (SSSR count). The molecular formula is C11H11N. The van der Waals surface area contributed by atoms with Gasteiger partial charge >= 0.3 is 0 Å². The zero-order valence-electron chi connectivity index (χ0n) is 7.12. The average molecular weight is 157 g/mol. The zero-order chi connectivity index (χ0) is 8.18. The van der Waals surface area contributed by atoms with Gasteiger partial charge < -0.3 is 0 Å². The van der Waals surface area contributed by atoms with E-state index in [1.807, 2.05) is 0 Å². The van der Waals surface area contributed by atoms with Crippen LogP contribution in [0.1, 0.15) is 13.3 Å². The Labute approximate surface area is 72.2 Å². The van der Waals surface area contributed by atoms with E-state index in [2.05, 4.69) is 42.4 Å². The van der Waals surface area contributed by atoms with Crippen molar-refractivity contribution in [3.8, 4) is 0 Å². The predicted molar refractivity (Wildman–Crippen MR) is 50.0 cm³/mol. The van der Waals surface area contributed by atoms with Crippen LogP contribution in [0.15, 0.2) is 40.6 Å². The van der Waals surface area contributed by atoms with Gasteiger partial charge in [0.05, 0.1) is 0 Å². The van der Waals surface area contributed by atoms with Gasteiger partial charge in [0.15, 0.2) is 0 Å². The summed E-state index contributed by atoms with van der Waals surface area (Å²) >= 11 is 0. The van der Waals surface area contributed by atoms with Crippen LogP contribution in [-0.2, 0) is 0 Å². The smallest absolute Gasteiger partial charge is 0.0376 e. The van der Waals surface area contributed by atoms with Crippen LogP contribution in [0.2, 0.25) is 0 Å². The molecule has 0 aromatic rings. The van der Waals surface area contributed by atoms with E-state index in [-0.39, 0.29) is 0 Å². The molecule has 0 bridgehead atoms. The largest absolute Gasteiger partial charge is 0.265 e. The highest BCUT2D eigenvalue weighted by Crippen LogP contribution is 2.60. The number of hydrogen-bond acceptors (Lipinski definition) is 1. The van der Waals surface area contributed by atoms with Crippen LogP contribution >= 0.6 is 0 Å². The van der Waals surface area contributed by atoms with Crippen LogP contribution in [0.5, 0.6) is 0 Å². The van der Waals surface area contributed by atoms with E-state index in [4.69, 9.17) is 0 Å². The molecule has 2 unspecified atom stereocenters. The minimum atomic E-state index is 0.328. The molecule has 1 nitrogen and oxygen atoms in total. The normalized spacial score (nSPS) is 41.2. The standard InChI is InChI=1S/C11H11N/c1-8-5-9-3-2-4-10-6-11(9,10)7-12-8/h2-5,7,10H,6H2,1H3. The number of aliphatic imine (C=N–C) groups is 1. The quantitative estimate of drug-likeness (QED) is 0.512. The number of hydrogen-bond donors (Lipinski definition) is 0. The van der Waals surface area contributed by atoms with E-state index in [0.717, 1.165) is 11.6 Å². The van der Waals surface area contributed by atoms with E-state index in [1.54, 1.807) is 0 Å². The Kier molecular flexibility index (Phi) is 0.957. The second-order valence-electron chi connectivity index (χ2n) is 3.90. The van der Waals surface area contributed by atoms with Crippen LogP contribution in [0.3, 0.4) is 0 Å². The van der Waals surface area contributed by atoms with Crippen molar-refractivity contribution < 1.29 is 0 Å². The molecule has 0 radical (unpaired) electrons. The molecule has 3 aliphatic rings. The van der Waals surface area contributed by atoms with Crippen LogP contribution in [0, 0.1) is 11.3 Å². The molecule has 0 saturated heterocycles. The molecule has 0 aromatic heterocycles. The fraction of sp³-hybridized carbons (Fsp3) is 0.364. The van der Waals surface area contributed by atoms with Crippen molar-refractivity contribution in [3.63, 3.8) is 0 Å². The number of allylic oxidation sites excluding steroid dienone is 6. The Morgan fingerprint density at radius 3 is 3.42 bits per heavy atom. The second kappa shape index (κ2) is 1.79. The van der Waals surface area contributed by atoms with Crippen molar-refractivity contribution in [2.75, 3.05) is 0 Å². The third kappa shape index (κ3) is 0.619. The monoisotopic (exact) mass is 157 g/mol. The summed E-state index contributed by atoms with van der Waals surface area (Å²) in [6, 6.07) is 0. The van der Waals surface area contributed by atoms with Crippen molar-refractivity contribution >= 4 is 6.21 Å². The van der Waals surface area contributed by atoms with Crippen molar-refractivity contribution in [1.29, 1.82) is 0 Å². The maximum atomic E-state index is 4.39. The van der Waals surface area contributed by atoms with Crippen molar-refractivity contribution in [1.82, 2.24) is 0 Å². The summed E-state index contributed by atoms with van der Waals surface area (Å²) in [6.45, 7) is 2.06. The maximum Gasteiger partial charge on any atom is 0.0376 e. The molecule has 0 aromatic carbocycles. The van der Waals surface area contributed by atoms with E-state index in [1.165, 1.54) is 12.0 Å². The lowest BCUT2D eigenvalue weighted by molar-refractivity contribution is 0.797. The SMILES string of the molecule is CC1=CC2=CC=CC3CC23C=N1. The summed E-state index contributed by atoms with van der Waals surface area (Å²) in [6.07, 6.45) is 12.3. The third-order valence-corrected chi connectivity index (χ3v) is 3.08. The van der Waals surface area contributed by atoms with E-state index >= 15 is 0 Å². The van der Waals surface area contributed by atoms with Gasteiger partial charge in [-0.25, -0.2) is 0 Å². The zero-order valence-corrected chi connectivity index (χ0v) is 7.12. The first-order chi connectivity index (χ1) is 5.81. The molecule has 1 spiro atoms. The van der Waals surface area contributed by atoms with Crippen molar-refractivity contribution in [3.05, 3.63) is 35.6 Å². The minimum absolute atomic E-state index is 0.328. The molecule has 0 amide bonds. The minimum Gasteiger partial charge on any atom is -0.265 e. The van der Waals surface area contributed by atoms with Gasteiger partial charge in [-0.15, -0.1) is 0 Å². The fourth-order valence-electron chi connectivity index (χ4n) is 2.21. The van der Waals surface area contributed by atoms with Gasteiger partial charge in [0.2, 0.25) is 0 Å². The number of nitrogens with zero attached hydrogens (tertiary/aromatic N) is 1. The van der Waals surface area contributed by atoms with Gasteiger partial charge in [0.25, 0.3) is 0 Å². The summed E-state index contributed by atoms with van der Waals surface area (Å²) in [5.74, 6) is 0.741. The molecule has 1 heterocycles. The van der Waals surface area contributed by atoms with Crippen molar-refractivity contribution in [2.45, 2.75) is 13.3 Å². The Morgan fingerprint density at radius 2 is 2.50 bits per heavy atom. The third-order valence-electron chi connectivity index (χ3n) is 3.08. The molecule has 0 N–H and O–H groups in total. The molecule has 60 valence electrons. The molecule has 1 heteroatoms. The van der Waals surface area contributed by atoms with E-state index in [9.17, 15) is 0 Å². The lowest BCUT2D eigenvalue weighted by atomic mass is 9.88.